The van der Waals surface area contributed by atoms with Crippen LogP contribution in [-0.2, 0) is 4.79 Å². The Morgan fingerprint density at radius 2 is 1.57 bits per heavy atom. The van der Waals surface area contributed by atoms with Gasteiger partial charge in [-0.25, -0.2) is 0 Å². The Bertz CT molecular complexity index is 1500. The highest BCUT2D eigenvalue weighted by Gasteiger charge is 2.19. The second-order valence-corrected chi connectivity index (χ2v) is 8.63. The van der Waals surface area contributed by atoms with Gasteiger partial charge >= 0.3 is 5.91 Å². The molecule has 2 N–H and O–H groups in total. The van der Waals surface area contributed by atoms with Gasteiger partial charge in [-0.1, -0.05) is 78.5 Å². The molecule has 5 rings (SSSR count). The number of hydrogen-bond acceptors (Lipinski definition) is 6. The van der Waals surface area contributed by atoms with Crippen molar-refractivity contribution in [3.8, 4) is 17.1 Å². The van der Waals surface area contributed by atoms with Gasteiger partial charge in [0.2, 0.25) is 5.91 Å². The summed E-state index contributed by atoms with van der Waals surface area (Å²) in [5, 5.41) is 10.1. The van der Waals surface area contributed by atoms with Crippen LogP contribution in [0.25, 0.3) is 28.0 Å². The summed E-state index contributed by atoms with van der Waals surface area (Å²) in [6.45, 7) is 1.80. The van der Waals surface area contributed by atoms with Crippen molar-refractivity contribution < 1.29 is 14.0 Å². The van der Waals surface area contributed by atoms with Gasteiger partial charge < -0.3 is 4.42 Å². The predicted octanol–water partition coefficient (Wildman–Crippen LogP) is 4.54. The lowest BCUT2D eigenvalue weighted by molar-refractivity contribution is -0.119. The number of nitrogens with zero attached hydrogens (tertiary/aromatic N) is 3. The molecule has 2 heterocycles. The summed E-state index contributed by atoms with van der Waals surface area (Å²) >= 11 is 1.22. The van der Waals surface area contributed by atoms with Crippen LogP contribution >= 0.6 is 11.8 Å². The summed E-state index contributed by atoms with van der Waals surface area (Å²) in [5.41, 5.74) is 7.99. The quantitative estimate of drug-likeness (QED) is 0.272. The number of furan rings is 1. The molecule has 0 saturated heterocycles. The lowest BCUT2D eigenvalue weighted by Gasteiger charge is -2.10. The van der Waals surface area contributed by atoms with Crippen molar-refractivity contribution in [3.63, 3.8) is 0 Å². The highest BCUT2D eigenvalue weighted by molar-refractivity contribution is 7.99. The second-order valence-electron chi connectivity index (χ2n) is 7.69. The molecule has 35 heavy (non-hydrogen) atoms. The zero-order valence-electron chi connectivity index (χ0n) is 18.8. The molecular formula is C26H21N5O3S. The van der Waals surface area contributed by atoms with Crippen LogP contribution in [0.5, 0.6) is 0 Å². The summed E-state index contributed by atoms with van der Waals surface area (Å²) in [6, 6.07) is 26.8. The summed E-state index contributed by atoms with van der Waals surface area (Å²) < 4.78 is 7.55. The van der Waals surface area contributed by atoms with Crippen LogP contribution in [-0.4, -0.2) is 32.3 Å². The summed E-state index contributed by atoms with van der Waals surface area (Å²) in [6.07, 6.45) is 0. The Labute approximate surface area is 205 Å². The Morgan fingerprint density at radius 3 is 2.31 bits per heavy atom. The number of para-hydroxylation sites is 2. The van der Waals surface area contributed by atoms with Gasteiger partial charge in [-0.15, -0.1) is 10.2 Å². The lowest BCUT2D eigenvalue weighted by Crippen LogP contribution is -2.42. The van der Waals surface area contributed by atoms with Crippen molar-refractivity contribution in [3.05, 3.63) is 96.3 Å². The van der Waals surface area contributed by atoms with Crippen LogP contribution in [0.15, 0.2) is 94.5 Å². The average Bonchev–Trinajstić information content (AvgIpc) is 3.48. The number of hydrazine groups is 1. The molecule has 0 saturated carbocycles. The van der Waals surface area contributed by atoms with Gasteiger partial charge in [0, 0.05) is 22.2 Å². The zero-order chi connectivity index (χ0) is 24.2. The molecule has 9 heteroatoms. The van der Waals surface area contributed by atoms with Gasteiger partial charge in [-0.05, 0) is 25.1 Å². The van der Waals surface area contributed by atoms with Gasteiger partial charge in [0.05, 0.1) is 5.75 Å². The van der Waals surface area contributed by atoms with E-state index in [0.29, 0.717) is 22.1 Å². The number of nitrogens with one attached hydrogen (secondary N) is 2. The van der Waals surface area contributed by atoms with E-state index in [9.17, 15) is 9.59 Å². The molecule has 0 fully saturated rings. The Morgan fingerprint density at radius 1 is 0.886 bits per heavy atom. The number of rotatable bonds is 6. The molecule has 0 radical (unpaired) electrons. The third kappa shape index (κ3) is 4.67. The molecular weight excluding hydrogens is 462 g/mol. The van der Waals surface area contributed by atoms with Crippen molar-refractivity contribution >= 4 is 34.5 Å². The van der Waals surface area contributed by atoms with Gasteiger partial charge in [0.15, 0.2) is 16.7 Å². The molecule has 5 aromatic rings. The van der Waals surface area contributed by atoms with E-state index >= 15 is 0 Å². The highest BCUT2D eigenvalue weighted by atomic mass is 32.2. The Kier molecular flexibility index (Phi) is 6.32. The van der Waals surface area contributed by atoms with Gasteiger partial charge in [-0.3, -0.25) is 25.0 Å². The van der Waals surface area contributed by atoms with Crippen LogP contribution < -0.4 is 10.9 Å². The van der Waals surface area contributed by atoms with Crippen LogP contribution in [0.1, 0.15) is 16.1 Å². The lowest BCUT2D eigenvalue weighted by atomic mass is 10.1. The average molecular weight is 484 g/mol. The second kappa shape index (κ2) is 9.86. The maximum absolute atomic E-state index is 12.6. The van der Waals surface area contributed by atoms with Crippen molar-refractivity contribution in [1.82, 2.24) is 25.6 Å². The number of aryl methyl sites for hydroxylation is 1. The molecule has 0 unspecified atom stereocenters. The van der Waals surface area contributed by atoms with E-state index in [2.05, 4.69) is 21.0 Å². The van der Waals surface area contributed by atoms with E-state index in [1.807, 2.05) is 83.4 Å². The molecule has 0 bridgehead atoms. The Balaban J connectivity index is 1.28. The maximum Gasteiger partial charge on any atom is 0.305 e. The van der Waals surface area contributed by atoms with Crippen molar-refractivity contribution in [2.75, 3.05) is 5.75 Å². The minimum Gasteiger partial charge on any atom is -0.451 e. The maximum atomic E-state index is 12.6. The summed E-state index contributed by atoms with van der Waals surface area (Å²) in [5.74, 6) is -0.0419. The topological polar surface area (TPSA) is 102 Å². The number of benzene rings is 3. The third-order valence-corrected chi connectivity index (χ3v) is 6.31. The molecule has 8 nitrogen and oxygen atoms in total. The minimum atomic E-state index is -0.518. The SMILES string of the molecule is Cc1c(C(=O)NNC(=O)CSc2nnc(-c3ccccc3)n2-c2ccccc2)oc2ccccc12. The van der Waals surface area contributed by atoms with E-state index in [4.69, 9.17) is 4.42 Å². The molecule has 174 valence electrons. The van der Waals surface area contributed by atoms with Gasteiger partial charge in [0.25, 0.3) is 0 Å². The zero-order valence-corrected chi connectivity index (χ0v) is 19.6. The van der Waals surface area contributed by atoms with Crippen molar-refractivity contribution in [2.45, 2.75) is 12.1 Å². The predicted molar refractivity (Wildman–Crippen MR) is 134 cm³/mol. The first-order chi connectivity index (χ1) is 17.1. The van der Waals surface area contributed by atoms with Crippen molar-refractivity contribution in [1.29, 1.82) is 0 Å². The number of thioether (sulfide) groups is 1. The molecule has 2 aromatic heterocycles. The molecule has 0 spiro atoms. The monoisotopic (exact) mass is 483 g/mol. The van der Waals surface area contributed by atoms with Gasteiger partial charge in [-0.2, -0.15) is 0 Å². The summed E-state index contributed by atoms with van der Waals surface area (Å²) in [7, 11) is 0. The molecule has 0 aliphatic heterocycles. The molecule has 0 aliphatic rings. The fourth-order valence-electron chi connectivity index (χ4n) is 3.69. The van der Waals surface area contributed by atoms with E-state index in [1.165, 1.54) is 11.8 Å². The van der Waals surface area contributed by atoms with E-state index in [1.54, 1.807) is 13.0 Å². The fourth-order valence-corrected chi connectivity index (χ4v) is 4.44. The normalized spacial score (nSPS) is 10.9. The number of hydrogen-bond donors (Lipinski definition) is 2. The van der Waals surface area contributed by atoms with E-state index < -0.39 is 5.91 Å². The van der Waals surface area contributed by atoms with Crippen LogP contribution in [0.4, 0.5) is 0 Å². The number of fused-ring (bicyclic) bond motifs is 1. The first kappa shape index (κ1) is 22.4. The number of carbonyl (C=O) groups is 2. The smallest absolute Gasteiger partial charge is 0.305 e. The number of aromatic nitrogens is 3. The van der Waals surface area contributed by atoms with E-state index in [0.717, 1.165) is 16.6 Å². The molecule has 2 amide bonds. The molecule has 0 aliphatic carbocycles. The third-order valence-electron chi connectivity index (χ3n) is 5.38. The van der Waals surface area contributed by atoms with Gasteiger partial charge in [0.1, 0.15) is 5.58 Å². The molecule has 3 aromatic carbocycles. The minimum absolute atomic E-state index is 0.0269. The van der Waals surface area contributed by atoms with Crippen LogP contribution in [0, 0.1) is 6.92 Å². The largest absolute Gasteiger partial charge is 0.451 e. The standard InChI is InChI=1S/C26H21N5O3S/c1-17-20-14-8-9-15-21(20)34-23(17)25(33)29-27-22(32)16-35-26-30-28-24(18-10-4-2-5-11-18)31(26)19-12-6-3-7-13-19/h2-15H,16H2,1H3,(H,27,32)(H,29,33). The fraction of sp³-hybridized carbons (Fsp3) is 0.0769. The van der Waals surface area contributed by atoms with E-state index in [-0.39, 0.29) is 17.4 Å². The summed E-state index contributed by atoms with van der Waals surface area (Å²) in [4.78, 5) is 25.1. The highest BCUT2D eigenvalue weighted by Crippen LogP contribution is 2.28. The van der Waals surface area contributed by atoms with Crippen LogP contribution in [0.2, 0.25) is 0 Å². The van der Waals surface area contributed by atoms with Crippen LogP contribution in [0.3, 0.4) is 0 Å². The number of amides is 2. The first-order valence-corrected chi connectivity index (χ1v) is 11.9. The first-order valence-electron chi connectivity index (χ1n) is 10.9. The molecule has 0 atom stereocenters. The Hall–Kier alpha value is -4.37. The number of carbonyl (C=O) groups excluding carboxylic acids is 2. The van der Waals surface area contributed by atoms with Crippen molar-refractivity contribution in [2.24, 2.45) is 0 Å².